The zero-order chi connectivity index (χ0) is 13.0. The Bertz CT molecular complexity index is 448. The molecule has 6 heteroatoms. The van der Waals surface area contributed by atoms with E-state index in [1.54, 1.807) is 18.4 Å². The van der Waals surface area contributed by atoms with E-state index in [4.69, 9.17) is 10.8 Å². The van der Waals surface area contributed by atoms with Crippen LogP contribution in [0.15, 0.2) is 18.2 Å². The first-order valence-electron chi connectivity index (χ1n) is 5.10. The van der Waals surface area contributed by atoms with Crippen LogP contribution in [0.1, 0.15) is 17.3 Å². The third kappa shape index (κ3) is 3.74. The Balaban J connectivity index is 2.71. The van der Waals surface area contributed by atoms with E-state index in [1.165, 1.54) is 6.07 Å². The van der Waals surface area contributed by atoms with Crippen LogP contribution in [0.25, 0.3) is 0 Å². The molecule has 0 aliphatic carbocycles. The van der Waals surface area contributed by atoms with E-state index in [0.717, 1.165) is 5.69 Å². The van der Waals surface area contributed by atoms with Gasteiger partial charge in [-0.15, -0.1) is 0 Å². The van der Waals surface area contributed by atoms with Gasteiger partial charge in [0, 0.05) is 40.2 Å². The van der Waals surface area contributed by atoms with E-state index >= 15 is 0 Å². The van der Waals surface area contributed by atoms with E-state index < -0.39 is 16.8 Å². The lowest BCUT2D eigenvalue weighted by atomic mass is 10.1. The molecule has 0 saturated heterocycles. The summed E-state index contributed by atoms with van der Waals surface area (Å²) in [6.45, 7) is 2.42. The van der Waals surface area contributed by atoms with Gasteiger partial charge in [-0.2, -0.15) is 0 Å². The first kappa shape index (κ1) is 13.5. The molecule has 0 aromatic heterocycles. The molecule has 1 rings (SSSR count). The molecule has 1 aromatic carbocycles. The summed E-state index contributed by atoms with van der Waals surface area (Å²) in [5.74, 6) is -1.04. The minimum absolute atomic E-state index is 0.0235. The van der Waals surface area contributed by atoms with Crippen LogP contribution in [-0.4, -0.2) is 33.3 Å². The largest absolute Gasteiger partial charge is 0.478 e. The number of benzene rings is 1. The molecule has 0 radical (unpaired) electrons. The summed E-state index contributed by atoms with van der Waals surface area (Å²) >= 11 is 0. The van der Waals surface area contributed by atoms with Crippen molar-refractivity contribution in [3.8, 4) is 0 Å². The summed E-state index contributed by atoms with van der Waals surface area (Å²) in [5.41, 5.74) is 6.64. The zero-order valence-corrected chi connectivity index (χ0v) is 10.6. The van der Waals surface area contributed by atoms with Gasteiger partial charge < -0.3 is 16.2 Å². The number of carboxylic acid groups (broad SMARTS) is 1. The normalized spacial score (nSPS) is 14.0. The quantitative estimate of drug-likeness (QED) is 0.687. The number of nitrogens with two attached hydrogens (primary N) is 1. The van der Waals surface area contributed by atoms with E-state index in [2.05, 4.69) is 5.32 Å². The lowest BCUT2D eigenvalue weighted by Crippen LogP contribution is -2.20. The second-order valence-electron chi connectivity index (χ2n) is 3.80. The third-order valence-electron chi connectivity index (χ3n) is 2.44. The summed E-state index contributed by atoms with van der Waals surface area (Å²) < 4.78 is 11.1. The van der Waals surface area contributed by atoms with Gasteiger partial charge >= 0.3 is 5.97 Å². The predicted octanol–water partition coefficient (Wildman–Crippen LogP) is 1.15. The van der Waals surface area contributed by atoms with Crippen molar-refractivity contribution in [2.45, 2.75) is 12.2 Å². The average Bonchev–Trinajstić information content (AvgIpc) is 2.25. The topological polar surface area (TPSA) is 92.4 Å². The molecule has 1 aromatic rings. The fourth-order valence-electron chi connectivity index (χ4n) is 1.25. The molecule has 5 nitrogen and oxygen atoms in total. The van der Waals surface area contributed by atoms with Gasteiger partial charge in [-0.25, -0.2) is 4.79 Å². The Morgan fingerprint density at radius 2 is 2.24 bits per heavy atom. The van der Waals surface area contributed by atoms with Crippen LogP contribution in [-0.2, 0) is 10.8 Å². The van der Waals surface area contributed by atoms with Crippen LogP contribution in [0, 0.1) is 0 Å². The number of carbonyl (C=O) groups is 1. The molecule has 2 atom stereocenters. The highest BCUT2D eigenvalue weighted by atomic mass is 32.2. The Hall–Kier alpha value is -1.56. The van der Waals surface area contributed by atoms with E-state index in [0.29, 0.717) is 6.54 Å². The molecule has 0 heterocycles. The molecule has 94 valence electrons. The van der Waals surface area contributed by atoms with Crippen molar-refractivity contribution >= 4 is 28.1 Å². The molecule has 0 aliphatic rings. The zero-order valence-electron chi connectivity index (χ0n) is 9.77. The smallest absolute Gasteiger partial charge is 0.337 e. The molecule has 0 fully saturated rings. The highest BCUT2D eigenvalue weighted by molar-refractivity contribution is 7.84. The van der Waals surface area contributed by atoms with Gasteiger partial charge in [0.25, 0.3) is 0 Å². The predicted molar refractivity (Wildman–Crippen MR) is 69.8 cm³/mol. The monoisotopic (exact) mass is 256 g/mol. The SMILES string of the molecule is CC(CNc1ccc(C(=O)O)c(N)c1)S(C)=O. The van der Waals surface area contributed by atoms with E-state index in [9.17, 15) is 9.00 Å². The van der Waals surface area contributed by atoms with Crippen LogP contribution >= 0.6 is 0 Å². The minimum Gasteiger partial charge on any atom is -0.478 e. The number of nitrogens with one attached hydrogen (secondary N) is 1. The van der Waals surface area contributed by atoms with Crippen molar-refractivity contribution < 1.29 is 14.1 Å². The van der Waals surface area contributed by atoms with Crippen LogP contribution < -0.4 is 11.1 Å². The summed E-state index contributed by atoms with van der Waals surface area (Å²) in [7, 11) is -0.889. The molecule has 17 heavy (non-hydrogen) atoms. The van der Waals surface area contributed by atoms with Gasteiger partial charge in [0.2, 0.25) is 0 Å². The van der Waals surface area contributed by atoms with Crippen molar-refractivity contribution in [3.05, 3.63) is 23.8 Å². The lowest BCUT2D eigenvalue weighted by molar-refractivity contribution is 0.0698. The standard InChI is InChI=1S/C11H16N2O3S/c1-7(17(2)16)6-13-8-3-4-9(11(14)15)10(12)5-8/h3-5,7,13H,6,12H2,1-2H3,(H,14,15). The molecule has 4 N–H and O–H groups in total. The second-order valence-corrected chi connectivity index (χ2v) is 5.60. The summed E-state index contributed by atoms with van der Waals surface area (Å²) in [6.07, 6.45) is 1.65. The Kier molecular flexibility index (Phi) is 4.51. The number of aromatic carboxylic acids is 1. The van der Waals surface area contributed by atoms with Crippen LogP contribution in [0.3, 0.4) is 0 Å². The molecule has 0 saturated carbocycles. The molecule has 0 aliphatic heterocycles. The van der Waals surface area contributed by atoms with Gasteiger partial charge in [0.15, 0.2) is 0 Å². The van der Waals surface area contributed by atoms with Gasteiger partial charge in [0.05, 0.1) is 5.56 Å². The van der Waals surface area contributed by atoms with Gasteiger partial charge in [-0.3, -0.25) is 4.21 Å². The van der Waals surface area contributed by atoms with E-state index in [-0.39, 0.29) is 16.5 Å². The highest BCUT2D eigenvalue weighted by Crippen LogP contribution is 2.18. The van der Waals surface area contributed by atoms with Gasteiger partial charge in [-0.1, -0.05) is 0 Å². The van der Waals surface area contributed by atoms with Crippen LogP contribution in [0.4, 0.5) is 11.4 Å². The van der Waals surface area contributed by atoms with Crippen molar-refractivity contribution in [3.63, 3.8) is 0 Å². The summed E-state index contributed by atoms with van der Waals surface area (Å²) in [6, 6.07) is 4.66. The number of carboxylic acids is 1. The number of nitrogen functional groups attached to an aromatic ring is 1. The van der Waals surface area contributed by atoms with Crippen LogP contribution in [0.5, 0.6) is 0 Å². The number of anilines is 2. The lowest BCUT2D eigenvalue weighted by Gasteiger charge is -2.12. The number of hydrogen-bond donors (Lipinski definition) is 3. The molecule has 2 unspecified atom stereocenters. The van der Waals surface area contributed by atoms with Crippen molar-refractivity contribution in [1.29, 1.82) is 0 Å². The van der Waals surface area contributed by atoms with Crippen molar-refractivity contribution in [1.82, 2.24) is 0 Å². The third-order valence-corrected chi connectivity index (χ3v) is 3.74. The molecular formula is C11H16N2O3S. The Morgan fingerprint density at radius 3 is 2.71 bits per heavy atom. The summed E-state index contributed by atoms with van der Waals surface area (Å²) in [5, 5.41) is 11.9. The first-order chi connectivity index (χ1) is 7.91. The maximum atomic E-state index is 11.1. The molecular weight excluding hydrogens is 240 g/mol. The van der Waals surface area contributed by atoms with Crippen molar-refractivity contribution in [2.24, 2.45) is 0 Å². The Morgan fingerprint density at radius 1 is 1.59 bits per heavy atom. The van der Waals surface area contributed by atoms with Crippen LogP contribution in [0.2, 0.25) is 0 Å². The maximum absolute atomic E-state index is 11.1. The van der Waals surface area contributed by atoms with Gasteiger partial charge in [-0.05, 0) is 25.1 Å². The maximum Gasteiger partial charge on any atom is 0.337 e. The second kappa shape index (κ2) is 5.67. The average molecular weight is 256 g/mol. The number of rotatable bonds is 5. The number of hydrogen-bond acceptors (Lipinski definition) is 4. The minimum atomic E-state index is -1.04. The molecule has 0 spiro atoms. The first-order valence-corrected chi connectivity index (χ1v) is 6.73. The molecule has 0 bridgehead atoms. The molecule has 0 amide bonds. The van der Waals surface area contributed by atoms with E-state index in [1.807, 2.05) is 6.92 Å². The van der Waals surface area contributed by atoms with Crippen molar-refractivity contribution in [2.75, 3.05) is 23.9 Å². The highest BCUT2D eigenvalue weighted by Gasteiger charge is 2.09. The fraction of sp³-hybridized carbons (Fsp3) is 0.364. The fourth-order valence-corrected chi connectivity index (χ4v) is 1.56. The Labute approximate surface area is 102 Å². The summed E-state index contributed by atoms with van der Waals surface area (Å²) in [4.78, 5) is 10.7. The van der Waals surface area contributed by atoms with Gasteiger partial charge in [0.1, 0.15) is 0 Å².